The van der Waals surface area contributed by atoms with Gasteiger partial charge < -0.3 is 2.85 Å². The van der Waals surface area contributed by atoms with E-state index in [4.69, 9.17) is 0 Å². The molecule has 0 aromatic rings. The molecule has 0 atom stereocenters. The van der Waals surface area contributed by atoms with Crippen LogP contribution in [0.3, 0.4) is 0 Å². The third-order valence-electron chi connectivity index (χ3n) is 0. The molecule has 0 radical (unpaired) electrons. The Morgan fingerprint density at radius 3 is 1.40 bits per heavy atom. The molecule has 0 aliphatic carbocycles. The summed E-state index contributed by atoms with van der Waals surface area (Å²) in [6, 6.07) is 0. The first-order chi connectivity index (χ1) is 1.00. The molecule has 0 aromatic carbocycles. The third-order valence-corrected chi connectivity index (χ3v) is 0. The van der Waals surface area contributed by atoms with Crippen LogP contribution in [-0.2, 0) is 36.5 Å². The number of hydrogen-bond donors (Lipinski definition) is 0. The minimum atomic E-state index is 0. The molecule has 0 saturated heterocycles. The van der Waals surface area contributed by atoms with Crippen molar-refractivity contribution in [1.29, 1.82) is 0 Å². The average Bonchev–Trinajstić information content (AvgIpc) is 1.00. The van der Waals surface area contributed by atoms with Gasteiger partial charge in [0.1, 0.15) is 0 Å². The molecule has 0 unspecified atom stereocenters. The van der Waals surface area contributed by atoms with E-state index < -0.39 is 0 Å². The summed E-state index contributed by atoms with van der Waals surface area (Å²) >= 11 is 4.37. The maximum Gasteiger partial charge on any atom is 0 e. The van der Waals surface area contributed by atoms with Gasteiger partial charge in [0.25, 0.3) is 0 Å². The minimum absolute atomic E-state index is 0. The number of halogens is 1. The molecule has 0 spiro atoms. The van der Waals surface area contributed by atoms with Crippen LogP contribution in [0.1, 0.15) is 2.85 Å². The van der Waals surface area contributed by atoms with Crippen LogP contribution >= 0.6 is 20.3 Å². The smallest absolute Gasteiger partial charge is 0 e. The molecular weight excluding hydrogens is 367 g/mol. The molecule has 0 nitrogen and oxygen atoms in total. The van der Waals surface area contributed by atoms with Gasteiger partial charge in [-0.3, -0.25) is 0 Å². The van der Waals surface area contributed by atoms with E-state index in [9.17, 15) is 0 Å². The Balaban J connectivity index is -0.000000000500. The molecule has 0 rings (SSSR count). The van der Waals surface area contributed by atoms with E-state index in [2.05, 4.69) is 33.1 Å². The topological polar surface area (TPSA) is 0 Å². The van der Waals surface area contributed by atoms with Crippen LogP contribution in [0.4, 0.5) is 0 Å². The van der Waals surface area contributed by atoms with Gasteiger partial charge in [-0.1, -0.05) is 0 Å². The molecule has 0 aliphatic rings. The number of rotatable bonds is 0. The van der Waals surface area contributed by atoms with Crippen molar-refractivity contribution in [3.05, 3.63) is 0 Å². The van der Waals surface area contributed by atoms with Crippen LogP contribution in [0.15, 0.2) is 0 Å². The van der Waals surface area contributed by atoms with Crippen molar-refractivity contribution in [2.24, 2.45) is 0 Å². The van der Waals surface area contributed by atoms with Crippen LogP contribution in [-0.4, -0.2) is 50.5 Å². The Morgan fingerprint density at radius 1 is 1.40 bits per heavy atom. The molecule has 0 amide bonds. The minimum Gasteiger partial charge on any atom is 0 e. The van der Waals surface area contributed by atoms with Gasteiger partial charge in [0.2, 0.25) is 0 Å². The Kier molecular flexibility index (Phi) is 119. The summed E-state index contributed by atoms with van der Waals surface area (Å²) < 4.78 is 0. The second kappa shape index (κ2) is 25.4. The molecule has 0 heterocycles. The van der Waals surface area contributed by atoms with Crippen molar-refractivity contribution >= 4 is 70.8 Å². The summed E-state index contributed by atoms with van der Waals surface area (Å²) in [4.78, 5) is 0. The van der Waals surface area contributed by atoms with Gasteiger partial charge in [0, 0.05) is 36.5 Å². The zero-order valence-corrected chi connectivity index (χ0v) is 12.9. The monoisotopic (exact) mass is 370 g/mol. The molecule has 0 fully saturated rings. The van der Waals surface area contributed by atoms with Crippen molar-refractivity contribution in [3.63, 3.8) is 0 Å². The van der Waals surface area contributed by atoms with Crippen LogP contribution in [0.5, 0.6) is 0 Å². The maximum absolute atomic E-state index is 2.28. The molecule has 0 aromatic heterocycles. The van der Waals surface area contributed by atoms with Gasteiger partial charge in [-0.05, 0) is 0 Å². The molecule has 0 bridgehead atoms. The van der Waals surface area contributed by atoms with Gasteiger partial charge in [-0.15, -0.1) is 0 Å². The van der Waals surface area contributed by atoms with E-state index in [0.717, 1.165) is 0 Å². The summed E-state index contributed by atoms with van der Waals surface area (Å²) in [6.45, 7) is 0. The summed E-state index contributed by atoms with van der Waals surface area (Å²) in [7, 11) is 0. The van der Waals surface area contributed by atoms with Gasteiger partial charge >= 0.3 is 70.8 Å². The van der Waals surface area contributed by atoms with Gasteiger partial charge in [0.15, 0.2) is 0 Å². The Labute approximate surface area is 108 Å². The first kappa shape index (κ1) is 23.4. The van der Waals surface area contributed by atoms with E-state index in [0.29, 0.717) is 0 Å². The standard InChI is InChI=1S/Ca.Fe.HISe.Zn.2H/c;;1-2;;;/h;;2H;;;/q+2;;;;2*-1. The van der Waals surface area contributed by atoms with Crippen molar-refractivity contribution in [3.8, 4) is 0 Å². The quantitative estimate of drug-likeness (QED) is 0.419. The molecule has 0 N–H and O–H groups in total. The Bertz CT molecular complexity index is 17.7. The predicted octanol–water partition coefficient (Wildman–Crippen LogP) is 0.0764. The van der Waals surface area contributed by atoms with Gasteiger partial charge in [-0.2, -0.15) is 0 Å². The second-order valence-corrected chi connectivity index (χ2v) is 0. The fourth-order valence-electron chi connectivity index (χ4n) is 0. The van der Waals surface area contributed by atoms with Crippen LogP contribution in [0.25, 0.3) is 0 Å². The van der Waals surface area contributed by atoms with Crippen LogP contribution < -0.4 is 0 Å². The molecule has 0 aliphatic heterocycles. The molecule has 5 heteroatoms. The SMILES string of the molecule is [Ca+2].[Fe].[H-].[H-].[SeH]I.[Zn]. The van der Waals surface area contributed by atoms with E-state index >= 15 is 0 Å². The van der Waals surface area contributed by atoms with Gasteiger partial charge in [0.05, 0.1) is 0 Å². The fourth-order valence-corrected chi connectivity index (χ4v) is 0. The fraction of sp³-hybridized carbons (Fsp3) is 0. The first-order valence-electron chi connectivity index (χ1n) is 0.169. The second-order valence-electron chi connectivity index (χ2n) is 0. The summed E-state index contributed by atoms with van der Waals surface area (Å²) in [5.41, 5.74) is 0. The summed E-state index contributed by atoms with van der Waals surface area (Å²) in [6.07, 6.45) is 0. The van der Waals surface area contributed by atoms with E-state index in [-0.39, 0.29) is 77.1 Å². The molecule has 0 saturated carbocycles. The van der Waals surface area contributed by atoms with Crippen LogP contribution in [0, 0.1) is 0 Å². The molecule has 5 heavy (non-hydrogen) atoms. The zero-order valence-electron chi connectivity index (χ0n) is 4.59. The van der Waals surface area contributed by atoms with E-state index in [1.807, 2.05) is 0 Å². The zero-order chi connectivity index (χ0) is 2.00. The van der Waals surface area contributed by atoms with Crippen LogP contribution in [0.2, 0.25) is 0 Å². The van der Waals surface area contributed by atoms with E-state index in [1.54, 1.807) is 0 Å². The predicted molar refractivity (Wildman–Crippen MR) is 29.1 cm³/mol. The van der Waals surface area contributed by atoms with Crippen molar-refractivity contribution < 1.29 is 39.4 Å². The van der Waals surface area contributed by atoms with Gasteiger partial charge in [-0.25, -0.2) is 0 Å². The van der Waals surface area contributed by atoms with Crippen molar-refractivity contribution in [2.75, 3.05) is 0 Å². The van der Waals surface area contributed by atoms with Crippen molar-refractivity contribution in [1.82, 2.24) is 0 Å². The normalized spacial score (nSPS) is 1.20. The molecular formula is H3CaFeISeZn. The van der Waals surface area contributed by atoms with Crippen molar-refractivity contribution in [2.45, 2.75) is 0 Å². The van der Waals surface area contributed by atoms with E-state index in [1.165, 1.54) is 0 Å². The third kappa shape index (κ3) is 18.3. The Hall–Kier alpha value is 3.65. The first-order valence-corrected chi connectivity index (χ1v) is 5.89. The molecule has 28 valence electrons. The summed E-state index contributed by atoms with van der Waals surface area (Å²) in [5, 5.41) is 0. The Morgan fingerprint density at radius 2 is 1.40 bits per heavy atom. The summed E-state index contributed by atoms with van der Waals surface area (Å²) in [5.74, 6) is 0. The average molecular weight is 370 g/mol. The largest absolute Gasteiger partial charge is 0 e. The maximum atomic E-state index is 2.28. The number of hydrogen-bond acceptors (Lipinski definition) is 0.